The number of ether oxygens (including phenoxy) is 1. The molecule has 0 aliphatic carbocycles. The predicted octanol–water partition coefficient (Wildman–Crippen LogP) is 9.50. The van der Waals surface area contributed by atoms with Gasteiger partial charge in [-0.15, -0.1) is 35.0 Å². The minimum Gasteiger partial charge on any atom is -0.494 e. The van der Waals surface area contributed by atoms with E-state index in [2.05, 4.69) is 35.6 Å². The number of alkyl halides is 2. The van der Waals surface area contributed by atoms with E-state index in [0.717, 1.165) is 33.4 Å². The molecule has 0 atom stereocenters. The van der Waals surface area contributed by atoms with Crippen LogP contribution in [0.2, 0.25) is 10.3 Å². The highest BCUT2D eigenvalue weighted by Gasteiger charge is 2.17. The molecule has 6 aromatic rings. The van der Waals surface area contributed by atoms with Gasteiger partial charge in [-0.25, -0.2) is 28.1 Å². The molecule has 0 radical (unpaired) electrons. The van der Waals surface area contributed by atoms with Crippen molar-refractivity contribution in [3.63, 3.8) is 0 Å². The SMILES string of the molecule is COc1ccc(NC(=O)CSC2=Nc3cnc(Cl)cc3C2)cc1F.Nc1ccc(CO)c(F)c1.O=C(CCl)Nc1ccc(CO)c(F)c1.O=C(Cl)CCl.S=c1[nH]c2cnc(Cl)cc2[nH]1. The highest BCUT2D eigenvalue weighted by Crippen LogP contribution is 2.31. The highest BCUT2D eigenvalue weighted by molar-refractivity contribution is 8.14. The number of hydrogen-bond acceptors (Lipinski definition) is 12. The van der Waals surface area contributed by atoms with Crippen LogP contribution in [0, 0.1) is 22.2 Å². The number of aromatic nitrogens is 4. The number of nitrogens with two attached hydrogens (primary N) is 1. The van der Waals surface area contributed by atoms with E-state index in [4.69, 9.17) is 90.9 Å². The van der Waals surface area contributed by atoms with E-state index in [9.17, 15) is 27.6 Å². The number of rotatable bonds is 9. The van der Waals surface area contributed by atoms with Crippen LogP contribution in [0.4, 0.5) is 35.9 Å². The van der Waals surface area contributed by atoms with Gasteiger partial charge in [0, 0.05) is 46.7 Å². The summed E-state index contributed by atoms with van der Waals surface area (Å²) in [5, 5.41) is 23.5. The van der Waals surface area contributed by atoms with E-state index >= 15 is 0 Å². The second kappa shape index (κ2) is 27.4. The number of aromatic amines is 2. The van der Waals surface area contributed by atoms with Crippen molar-refractivity contribution >= 4 is 138 Å². The number of fused-ring (bicyclic) bond motifs is 2. The summed E-state index contributed by atoms with van der Waals surface area (Å²) in [7, 11) is 1.39. The molecule has 0 spiro atoms. The van der Waals surface area contributed by atoms with Gasteiger partial charge in [-0.05, 0) is 71.8 Å². The number of halogens is 8. The monoisotopic (exact) mass is 1020 g/mol. The first-order valence-corrected chi connectivity index (χ1v) is 21.4. The number of aliphatic imine (C=N–C) groups is 1. The van der Waals surface area contributed by atoms with Gasteiger partial charge in [0.2, 0.25) is 17.1 Å². The first-order valence-electron chi connectivity index (χ1n) is 17.8. The van der Waals surface area contributed by atoms with Crippen molar-refractivity contribution in [2.75, 3.05) is 41.0 Å². The Balaban J connectivity index is 0.000000233. The number of carbonyl (C=O) groups is 3. The number of hydrogen-bond donors (Lipinski definition) is 7. The Morgan fingerprint density at radius 3 is 1.95 bits per heavy atom. The van der Waals surface area contributed by atoms with E-state index in [0.29, 0.717) is 38.6 Å². The van der Waals surface area contributed by atoms with Crippen LogP contribution in [0.15, 0.2) is 84.1 Å². The second-order valence-corrected chi connectivity index (χ2v) is 15.5. The second-order valence-electron chi connectivity index (χ2n) is 12.3. The highest BCUT2D eigenvalue weighted by atomic mass is 35.5. The molecule has 1 aliphatic rings. The van der Waals surface area contributed by atoms with Gasteiger partial charge in [-0.2, -0.15) is 0 Å². The Kier molecular flexibility index (Phi) is 22.8. The molecule has 1 aliphatic heterocycles. The van der Waals surface area contributed by atoms with Crippen LogP contribution in [0.1, 0.15) is 16.7 Å². The number of pyridine rings is 2. The molecule has 64 heavy (non-hydrogen) atoms. The number of carbonyl (C=O) groups excluding carboxylic acids is 3. The zero-order chi connectivity index (χ0) is 47.3. The van der Waals surface area contributed by atoms with Crippen LogP contribution >= 0.6 is 82.0 Å². The lowest BCUT2D eigenvalue weighted by Gasteiger charge is -2.07. The zero-order valence-electron chi connectivity index (χ0n) is 33.0. The zero-order valence-corrected chi connectivity index (χ0v) is 38.4. The largest absolute Gasteiger partial charge is 0.494 e. The fraction of sp³-hybridized carbons (Fsp3) is 0.175. The molecule has 8 N–H and O–H groups in total. The molecule has 0 unspecified atom stereocenters. The average molecular weight is 1020 g/mol. The Morgan fingerprint density at radius 2 is 1.38 bits per heavy atom. The smallest absolute Gasteiger partial charge is 0.239 e. The minimum absolute atomic E-state index is 0.0957. The summed E-state index contributed by atoms with van der Waals surface area (Å²) < 4.78 is 44.7. The number of imidazole rings is 1. The van der Waals surface area contributed by atoms with E-state index in [-0.39, 0.29) is 53.5 Å². The Labute approximate surface area is 397 Å². The van der Waals surface area contributed by atoms with Gasteiger partial charge in [0.25, 0.3) is 0 Å². The molecular weight excluding hydrogens is 987 g/mol. The van der Waals surface area contributed by atoms with Gasteiger partial charge in [-0.3, -0.25) is 14.4 Å². The van der Waals surface area contributed by atoms with E-state index in [1.165, 1.54) is 55.3 Å². The van der Waals surface area contributed by atoms with Crippen LogP contribution < -0.4 is 21.1 Å². The summed E-state index contributed by atoms with van der Waals surface area (Å²) in [6.07, 6.45) is 3.89. The number of nitrogens with one attached hydrogen (secondary N) is 4. The van der Waals surface area contributed by atoms with Crippen molar-refractivity contribution in [2.45, 2.75) is 19.6 Å². The van der Waals surface area contributed by atoms with Crippen LogP contribution in [0.5, 0.6) is 5.75 Å². The molecule has 2 amide bonds. The lowest BCUT2D eigenvalue weighted by atomic mass is 10.2. The number of methoxy groups -OCH3 is 1. The standard InChI is InChI=1S/C16H13ClFN3O2S.C9H9ClFNO2.C7H8FNO.C6H4ClN3S.C2H2Cl2O/c1-23-13-3-2-10(6-11(13)18)20-15(22)8-24-16-5-9-4-14(17)19-7-12(9)21-16;10-4-9(14)12-7-2-1-6(5-13)8(11)3-7;8-7-3-6(9)2-1-5(7)4-10;7-5-1-3-4(2-8-5)10-6(11)9-3;3-1-2(4)5/h2-4,6-7H,5,8H2,1H3,(H,20,22);1-3,13H,4-5H2,(H,12,14);1-3,10H,4,9H2;1-2H,(H2,9,10,11);1H2. The third-order valence-corrected chi connectivity index (χ3v) is 10.0. The molecule has 0 fully saturated rings. The lowest BCUT2D eigenvalue weighted by molar-refractivity contribution is -0.114. The van der Waals surface area contributed by atoms with Crippen LogP contribution in [0.3, 0.4) is 0 Å². The molecule has 3 aromatic heterocycles. The maximum Gasteiger partial charge on any atom is 0.239 e. The van der Waals surface area contributed by atoms with Crippen molar-refractivity contribution in [2.24, 2.45) is 4.99 Å². The third kappa shape index (κ3) is 18.3. The minimum atomic E-state index is -0.556. The number of H-pyrrole nitrogens is 2. The quantitative estimate of drug-likeness (QED) is 0.0238. The summed E-state index contributed by atoms with van der Waals surface area (Å²) >= 11 is 32.5. The summed E-state index contributed by atoms with van der Waals surface area (Å²) in [6, 6.07) is 16.0. The Hall–Kier alpha value is -4.96. The van der Waals surface area contributed by atoms with Gasteiger partial charge in [0.1, 0.15) is 27.8 Å². The molecule has 0 saturated carbocycles. The molecule has 0 bridgehead atoms. The molecule has 0 saturated heterocycles. The molecule has 14 nitrogen and oxygen atoms in total. The molecule has 340 valence electrons. The predicted molar refractivity (Wildman–Crippen MR) is 250 cm³/mol. The first-order chi connectivity index (χ1) is 30.5. The Morgan fingerprint density at radius 1 is 0.812 bits per heavy atom. The summed E-state index contributed by atoms with van der Waals surface area (Å²) in [4.78, 5) is 50.4. The van der Waals surface area contributed by atoms with Crippen molar-refractivity contribution in [1.29, 1.82) is 0 Å². The summed E-state index contributed by atoms with van der Waals surface area (Å²) in [6.45, 7) is -0.651. The number of benzene rings is 3. The number of thioether (sulfide) groups is 1. The summed E-state index contributed by atoms with van der Waals surface area (Å²) in [5.74, 6) is -2.13. The average Bonchev–Trinajstić information content (AvgIpc) is 3.85. The van der Waals surface area contributed by atoms with Gasteiger partial charge >= 0.3 is 0 Å². The van der Waals surface area contributed by atoms with Gasteiger partial charge in [-0.1, -0.05) is 35.3 Å². The number of anilines is 3. The lowest BCUT2D eigenvalue weighted by Crippen LogP contribution is -2.15. The number of amides is 2. The molecule has 24 heteroatoms. The fourth-order valence-electron chi connectivity index (χ4n) is 4.76. The number of aliphatic hydroxyl groups excluding tert-OH is 2. The van der Waals surface area contributed by atoms with Gasteiger partial charge in [0.15, 0.2) is 16.3 Å². The molecule has 3 aromatic carbocycles. The van der Waals surface area contributed by atoms with Crippen molar-refractivity contribution in [3.8, 4) is 5.75 Å². The topological polar surface area (TPSA) is 221 Å². The molecule has 4 heterocycles. The number of nitrogens with zero attached hydrogens (tertiary/aromatic N) is 3. The number of nitrogen functional groups attached to an aromatic ring is 1. The van der Waals surface area contributed by atoms with E-state index in [1.54, 1.807) is 36.7 Å². The third-order valence-electron chi connectivity index (χ3n) is 7.67. The van der Waals surface area contributed by atoms with E-state index < -0.39 is 28.6 Å². The van der Waals surface area contributed by atoms with Crippen LogP contribution in [-0.2, 0) is 34.0 Å². The van der Waals surface area contributed by atoms with Crippen molar-refractivity contribution in [3.05, 3.63) is 128 Å². The summed E-state index contributed by atoms with van der Waals surface area (Å²) in [5.41, 5.74) is 10.3. The maximum absolute atomic E-state index is 13.6. The fourth-order valence-corrected chi connectivity index (χ4v) is 6.18. The number of aliphatic hydroxyl groups is 2. The van der Waals surface area contributed by atoms with Crippen molar-refractivity contribution < 1.29 is 42.5 Å². The van der Waals surface area contributed by atoms with Gasteiger partial charge < -0.3 is 41.3 Å². The molecule has 7 rings (SSSR count). The molecular formula is C40H36Cl5F3N8O6S2. The maximum atomic E-state index is 13.6. The van der Waals surface area contributed by atoms with E-state index in [1.807, 2.05) is 0 Å². The Bertz CT molecular complexity index is 2640. The normalized spacial score (nSPS) is 10.8. The van der Waals surface area contributed by atoms with Crippen molar-refractivity contribution in [1.82, 2.24) is 19.9 Å². The first kappa shape index (κ1) is 53.4. The van der Waals surface area contributed by atoms with Crippen LogP contribution in [0.25, 0.3) is 11.0 Å². The van der Waals surface area contributed by atoms with Gasteiger partial charge in [0.05, 0.1) is 66.1 Å². The van der Waals surface area contributed by atoms with Crippen LogP contribution in [-0.4, -0.2) is 76.9 Å².